The van der Waals surface area contributed by atoms with Crippen LogP contribution in [0.4, 0.5) is 0 Å². The number of piperazine rings is 1. The second-order valence-electron chi connectivity index (χ2n) is 7.03. The van der Waals surface area contributed by atoms with Crippen molar-refractivity contribution in [1.29, 1.82) is 0 Å². The van der Waals surface area contributed by atoms with Gasteiger partial charge in [0.05, 0.1) is 0 Å². The van der Waals surface area contributed by atoms with Crippen molar-refractivity contribution < 1.29 is 0 Å². The van der Waals surface area contributed by atoms with E-state index in [2.05, 4.69) is 94.7 Å². The van der Waals surface area contributed by atoms with E-state index in [0.717, 1.165) is 39.3 Å². The molecule has 0 saturated carbocycles. The van der Waals surface area contributed by atoms with Crippen LogP contribution in [0, 0.1) is 0 Å². The van der Waals surface area contributed by atoms with E-state index < -0.39 is 0 Å². The first kappa shape index (κ1) is 17.0. The van der Waals surface area contributed by atoms with Gasteiger partial charge in [0.15, 0.2) is 0 Å². The summed E-state index contributed by atoms with van der Waals surface area (Å²) < 4.78 is 0. The molecular weight excluding hydrogens is 316 g/mol. The standard InChI is InChI=1S/C24H26N2/c1-2-8-21(9-3-1)10-7-15-25-16-18-26(19-17-25)20-23-13-6-12-22-11-4-5-14-24(22)23/h1-14H,15-20H2. The molecule has 1 aliphatic heterocycles. The molecule has 1 saturated heterocycles. The zero-order chi connectivity index (χ0) is 17.6. The van der Waals surface area contributed by atoms with Crippen molar-refractivity contribution in [3.8, 4) is 0 Å². The molecule has 0 bridgehead atoms. The van der Waals surface area contributed by atoms with Gasteiger partial charge in [0, 0.05) is 39.3 Å². The molecule has 3 aromatic rings. The molecule has 0 spiro atoms. The van der Waals surface area contributed by atoms with Gasteiger partial charge in [0.25, 0.3) is 0 Å². The highest BCUT2D eigenvalue weighted by Crippen LogP contribution is 2.20. The van der Waals surface area contributed by atoms with Crippen LogP contribution in [0.15, 0.2) is 78.9 Å². The number of fused-ring (bicyclic) bond motifs is 1. The van der Waals surface area contributed by atoms with Crippen molar-refractivity contribution in [1.82, 2.24) is 9.80 Å². The highest BCUT2D eigenvalue weighted by atomic mass is 15.3. The zero-order valence-electron chi connectivity index (χ0n) is 15.2. The van der Waals surface area contributed by atoms with Gasteiger partial charge in [-0.1, -0.05) is 84.9 Å². The molecule has 0 amide bonds. The number of rotatable bonds is 5. The normalized spacial score (nSPS) is 16.5. The average molecular weight is 342 g/mol. The van der Waals surface area contributed by atoms with Crippen LogP contribution in [0.2, 0.25) is 0 Å². The molecule has 0 aliphatic carbocycles. The fourth-order valence-electron chi connectivity index (χ4n) is 3.70. The van der Waals surface area contributed by atoms with Crippen LogP contribution in [0.3, 0.4) is 0 Å². The molecule has 26 heavy (non-hydrogen) atoms. The minimum Gasteiger partial charge on any atom is -0.297 e. The minimum absolute atomic E-state index is 1.04. The third kappa shape index (κ3) is 4.21. The molecular formula is C24H26N2. The maximum atomic E-state index is 2.58. The van der Waals surface area contributed by atoms with E-state index in [1.54, 1.807) is 0 Å². The highest BCUT2D eigenvalue weighted by Gasteiger charge is 2.16. The molecule has 0 aromatic heterocycles. The summed E-state index contributed by atoms with van der Waals surface area (Å²) in [6.07, 6.45) is 4.51. The summed E-state index contributed by atoms with van der Waals surface area (Å²) >= 11 is 0. The van der Waals surface area contributed by atoms with Crippen molar-refractivity contribution in [2.75, 3.05) is 32.7 Å². The maximum absolute atomic E-state index is 2.58. The predicted octanol–water partition coefficient (Wildman–Crippen LogP) is 4.67. The van der Waals surface area contributed by atoms with Crippen LogP contribution in [0.5, 0.6) is 0 Å². The van der Waals surface area contributed by atoms with E-state index in [4.69, 9.17) is 0 Å². The lowest BCUT2D eigenvalue weighted by atomic mass is 10.0. The molecule has 1 heterocycles. The zero-order valence-corrected chi connectivity index (χ0v) is 15.2. The van der Waals surface area contributed by atoms with E-state index >= 15 is 0 Å². The van der Waals surface area contributed by atoms with E-state index in [-0.39, 0.29) is 0 Å². The molecule has 0 N–H and O–H groups in total. The predicted molar refractivity (Wildman–Crippen MR) is 111 cm³/mol. The molecule has 1 aliphatic rings. The van der Waals surface area contributed by atoms with E-state index in [9.17, 15) is 0 Å². The molecule has 132 valence electrons. The summed E-state index contributed by atoms with van der Waals surface area (Å²) in [5, 5.41) is 2.73. The van der Waals surface area contributed by atoms with Crippen LogP contribution in [0.1, 0.15) is 11.1 Å². The lowest BCUT2D eigenvalue weighted by molar-refractivity contribution is 0.137. The first-order chi connectivity index (χ1) is 12.9. The van der Waals surface area contributed by atoms with Crippen LogP contribution < -0.4 is 0 Å². The monoisotopic (exact) mass is 342 g/mol. The van der Waals surface area contributed by atoms with Gasteiger partial charge < -0.3 is 0 Å². The Balaban J connectivity index is 1.30. The molecule has 2 nitrogen and oxygen atoms in total. The summed E-state index contributed by atoms with van der Waals surface area (Å²) in [4.78, 5) is 5.12. The van der Waals surface area contributed by atoms with Gasteiger partial charge in [0.2, 0.25) is 0 Å². The fourth-order valence-corrected chi connectivity index (χ4v) is 3.70. The summed E-state index contributed by atoms with van der Waals surface area (Å²) in [7, 11) is 0. The first-order valence-electron chi connectivity index (χ1n) is 9.51. The Morgan fingerprint density at radius 3 is 2.23 bits per heavy atom. The number of hydrogen-bond acceptors (Lipinski definition) is 2. The van der Waals surface area contributed by atoms with Crippen LogP contribution >= 0.6 is 0 Å². The lowest BCUT2D eigenvalue weighted by Gasteiger charge is -2.34. The van der Waals surface area contributed by atoms with Crippen LogP contribution in [-0.2, 0) is 6.54 Å². The van der Waals surface area contributed by atoms with Gasteiger partial charge in [-0.2, -0.15) is 0 Å². The summed E-state index contributed by atoms with van der Waals surface area (Å²) in [6.45, 7) is 6.66. The Hall–Kier alpha value is -2.42. The van der Waals surface area contributed by atoms with Crippen molar-refractivity contribution >= 4 is 16.8 Å². The first-order valence-corrected chi connectivity index (χ1v) is 9.51. The summed E-state index contributed by atoms with van der Waals surface area (Å²) in [5.74, 6) is 0. The van der Waals surface area contributed by atoms with Crippen molar-refractivity contribution in [2.24, 2.45) is 0 Å². The largest absolute Gasteiger partial charge is 0.297 e. The molecule has 2 heteroatoms. The maximum Gasteiger partial charge on any atom is 0.0240 e. The van der Waals surface area contributed by atoms with E-state index in [1.165, 1.54) is 21.9 Å². The third-order valence-electron chi connectivity index (χ3n) is 5.21. The number of benzene rings is 3. The number of nitrogens with zero attached hydrogens (tertiary/aromatic N) is 2. The quantitative estimate of drug-likeness (QED) is 0.665. The molecule has 4 rings (SSSR count). The smallest absolute Gasteiger partial charge is 0.0240 e. The van der Waals surface area contributed by atoms with E-state index in [0.29, 0.717) is 0 Å². The Morgan fingerprint density at radius 1 is 0.692 bits per heavy atom. The summed E-state index contributed by atoms with van der Waals surface area (Å²) in [6, 6.07) is 25.9. The van der Waals surface area contributed by atoms with Crippen LogP contribution in [-0.4, -0.2) is 42.5 Å². The lowest BCUT2D eigenvalue weighted by Crippen LogP contribution is -2.45. The van der Waals surface area contributed by atoms with Crippen molar-refractivity contribution in [2.45, 2.75) is 6.54 Å². The van der Waals surface area contributed by atoms with Gasteiger partial charge in [-0.3, -0.25) is 9.80 Å². The second-order valence-corrected chi connectivity index (χ2v) is 7.03. The SMILES string of the molecule is C(=Cc1ccccc1)CN1CCN(Cc2cccc3ccccc23)CC1. The second kappa shape index (κ2) is 8.31. The molecule has 0 atom stereocenters. The van der Waals surface area contributed by atoms with E-state index in [1.807, 2.05) is 0 Å². The fraction of sp³-hybridized carbons (Fsp3) is 0.250. The molecule has 1 fully saturated rings. The van der Waals surface area contributed by atoms with Crippen molar-refractivity contribution in [3.05, 3.63) is 90.0 Å². The molecule has 3 aromatic carbocycles. The van der Waals surface area contributed by atoms with Crippen molar-refractivity contribution in [3.63, 3.8) is 0 Å². The van der Waals surface area contributed by atoms with Gasteiger partial charge in [-0.25, -0.2) is 0 Å². The Labute approximate surface area is 156 Å². The van der Waals surface area contributed by atoms with Gasteiger partial charge in [-0.15, -0.1) is 0 Å². The van der Waals surface area contributed by atoms with Gasteiger partial charge >= 0.3 is 0 Å². The Morgan fingerprint density at radius 2 is 1.38 bits per heavy atom. The Bertz CT molecular complexity index is 856. The van der Waals surface area contributed by atoms with Gasteiger partial charge in [0.1, 0.15) is 0 Å². The number of hydrogen-bond donors (Lipinski definition) is 0. The van der Waals surface area contributed by atoms with Gasteiger partial charge in [-0.05, 0) is 21.9 Å². The Kier molecular flexibility index (Phi) is 5.44. The highest BCUT2D eigenvalue weighted by molar-refractivity contribution is 5.85. The molecule has 0 unspecified atom stereocenters. The topological polar surface area (TPSA) is 6.48 Å². The summed E-state index contributed by atoms with van der Waals surface area (Å²) in [5.41, 5.74) is 2.72. The minimum atomic E-state index is 1.04. The molecule has 0 radical (unpaired) electrons. The average Bonchev–Trinajstić information content (AvgIpc) is 2.70. The van der Waals surface area contributed by atoms with Crippen LogP contribution in [0.25, 0.3) is 16.8 Å². The third-order valence-corrected chi connectivity index (χ3v) is 5.21.